The van der Waals surface area contributed by atoms with Gasteiger partial charge in [-0.1, -0.05) is 29.3 Å². The summed E-state index contributed by atoms with van der Waals surface area (Å²) >= 11 is 12.1. The van der Waals surface area contributed by atoms with Gasteiger partial charge in [0.1, 0.15) is 0 Å². The fraction of sp³-hybridized carbons (Fsp3) is 0.381. The second-order valence-corrected chi connectivity index (χ2v) is 8.15. The smallest absolute Gasteiger partial charge is 0.330 e. The van der Waals surface area contributed by atoms with Crippen LogP contribution in [0.5, 0.6) is 0 Å². The molecule has 0 atom stereocenters. The summed E-state index contributed by atoms with van der Waals surface area (Å²) in [5, 5.41) is 0.885. The number of hydrogen-bond donors (Lipinski definition) is 0. The maximum Gasteiger partial charge on any atom is 0.330 e. The van der Waals surface area contributed by atoms with Crippen molar-refractivity contribution in [1.29, 1.82) is 0 Å². The highest BCUT2D eigenvalue weighted by molar-refractivity contribution is 6.42. The number of rotatable bonds is 8. The molecular formula is C21H26Cl2N4O3. The summed E-state index contributed by atoms with van der Waals surface area (Å²) in [4.78, 5) is 40.7. The zero-order valence-electron chi connectivity index (χ0n) is 17.6. The van der Waals surface area contributed by atoms with Crippen molar-refractivity contribution in [2.45, 2.75) is 13.0 Å². The van der Waals surface area contributed by atoms with Gasteiger partial charge in [0.25, 0.3) is 5.56 Å². The molecule has 2 aromatic rings. The molecular weight excluding hydrogens is 427 g/mol. The van der Waals surface area contributed by atoms with Crippen molar-refractivity contribution in [3.8, 4) is 0 Å². The Morgan fingerprint density at radius 3 is 2.43 bits per heavy atom. The van der Waals surface area contributed by atoms with Crippen LogP contribution in [0.4, 0.5) is 0 Å². The van der Waals surface area contributed by atoms with Crippen LogP contribution < -0.4 is 11.2 Å². The molecule has 1 aromatic carbocycles. The molecule has 7 nitrogen and oxygen atoms in total. The van der Waals surface area contributed by atoms with Crippen molar-refractivity contribution in [2.75, 3.05) is 27.2 Å². The van der Waals surface area contributed by atoms with Crippen LogP contribution in [0.2, 0.25) is 10.0 Å². The molecule has 9 heteroatoms. The van der Waals surface area contributed by atoms with Gasteiger partial charge in [-0.15, -0.1) is 0 Å². The molecule has 162 valence electrons. The van der Waals surface area contributed by atoms with Gasteiger partial charge in [-0.25, -0.2) is 4.79 Å². The topological polar surface area (TPSA) is 67.5 Å². The lowest BCUT2D eigenvalue weighted by Gasteiger charge is -2.22. The van der Waals surface area contributed by atoms with Crippen LogP contribution in [0, 0.1) is 0 Å². The Balaban J connectivity index is 2.25. The number of carbonyl (C=O) groups is 1. The Morgan fingerprint density at radius 1 is 1.10 bits per heavy atom. The molecule has 30 heavy (non-hydrogen) atoms. The van der Waals surface area contributed by atoms with Crippen LogP contribution in [-0.4, -0.2) is 52.0 Å². The first-order valence-corrected chi connectivity index (χ1v) is 10.2. The molecule has 0 aliphatic rings. The van der Waals surface area contributed by atoms with E-state index in [9.17, 15) is 14.4 Å². The highest BCUT2D eigenvalue weighted by Gasteiger charge is 2.13. The Kier molecular flexibility index (Phi) is 8.46. The number of carbonyl (C=O) groups excluding carboxylic acids is 1. The molecule has 0 fully saturated rings. The number of halogens is 2. The monoisotopic (exact) mass is 452 g/mol. The van der Waals surface area contributed by atoms with Crippen LogP contribution in [0.1, 0.15) is 17.5 Å². The van der Waals surface area contributed by atoms with E-state index in [2.05, 4.69) is 0 Å². The molecule has 0 unspecified atom stereocenters. The molecule has 0 aliphatic carbocycles. The predicted octanol–water partition coefficient (Wildman–Crippen LogP) is 2.38. The molecule has 0 radical (unpaired) electrons. The van der Waals surface area contributed by atoms with E-state index < -0.39 is 11.2 Å². The summed E-state index contributed by atoms with van der Waals surface area (Å²) in [6, 6.07) is 5.27. The van der Waals surface area contributed by atoms with E-state index in [-0.39, 0.29) is 11.5 Å². The van der Waals surface area contributed by atoms with E-state index in [1.807, 2.05) is 25.1 Å². The van der Waals surface area contributed by atoms with E-state index in [1.165, 1.54) is 30.0 Å². The minimum atomic E-state index is -0.453. The SMILES string of the molecule is CN(C)CCCN(Cc1ccc(Cl)c(Cl)c1)C(=O)/C=C/c1cn(C)c(=O)n(C)c1=O. The molecule has 0 saturated carbocycles. The maximum atomic E-state index is 12.9. The number of aromatic nitrogens is 2. The van der Waals surface area contributed by atoms with Crippen molar-refractivity contribution in [1.82, 2.24) is 18.9 Å². The number of aryl methyl sites for hydroxylation is 1. The fourth-order valence-electron chi connectivity index (χ4n) is 2.92. The average Bonchev–Trinajstić information content (AvgIpc) is 2.69. The quantitative estimate of drug-likeness (QED) is 0.576. The third-order valence-electron chi connectivity index (χ3n) is 4.58. The van der Waals surface area contributed by atoms with Gasteiger partial charge in [0, 0.05) is 39.5 Å². The molecule has 0 bridgehead atoms. The van der Waals surface area contributed by atoms with Crippen LogP contribution >= 0.6 is 23.2 Å². The van der Waals surface area contributed by atoms with Gasteiger partial charge in [0.05, 0.1) is 15.6 Å². The van der Waals surface area contributed by atoms with Crippen molar-refractivity contribution in [3.05, 3.63) is 72.5 Å². The van der Waals surface area contributed by atoms with E-state index in [1.54, 1.807) is 24.1 Å². The summed E-state index contributed by atoms with van der Waals surface area (Å²) in [6.07, 6.45) is 5.01. The standard InChI is InChI=1S/C21H26Cl2N4O3/c1-24(2)10-5-11-27(13-15-6-8-17(22)18(23)12-15)19(28)9-7-16-14-25(3)21(30)26(4)20(16)29/h6-9,12,14H,5,10-11,13H2,1-4H3/b9-7+. The molecule has 0 spiro atoms. The maximum absolute atomic E-state index is 12.9. The van der Waals surface area contributed by atoms with Gasteiger partial charge < -0.3 is 14.4 Å². The third-order valence-corrected chi connectivity index (χ3v) is 5.32. The summed E-state index contributed by atoms with van der Waals surface area (Å²) in [6.45, 7) is 1.72. The van der Waals surface area contributed by atoms with E-state index >= 15 is 0 Å². The van der Waals surface area contributed by atoms with Gasteiger partial charge in [-0.2, -0.15) is 0 Å². The van der Waals surface area contributed by atoms with Crippen LogP contribution in [0.25, 0.3) is 6.08 Å². The van der Waals surface area contributed by atoms with Crippen LogP contribution in [-0.2, 0) is 25.4 Å². The Labute approximate surface area is 185 Å². The highest BCUT2D eigenvalue weighted by atomic mass is 35.5. The van der Waals surface area contributed by atoms with E-state index in [4.69, 9.17) is 23.2 Å². The van der Waals surface area contributed by atoms with Gasteiger partial charge in [0.2, 0.25) is 5.91 Å². The van der Waals surface area contributed by atoms with E-state index in [0.29, 0.717) is 23.1 Å². The second-order valence-electron chi connectivity index (χ2n) is 7.34. The molecule has 1 amide bonds. The fourth-order valence-corrected chi connectivity index (χ4v) is 3.24. The molecule has 0 N–H and O–H groups in total. The molecule has 1 heterocycles. The summed E-state index contributed by atoms with van der Waals surface area (Å²) in [7, 11) is 6.90. The van der Waals surface area contributed by atoms with Crippen LogP contribution in [0.15, 0.2) is 40.1 Å². The van der Waals surface area contributed by atoms with Crippen molar-refractivity contribution >= 4 is 35.2 Å². The van der Waals surface area contributed by atoms with Crippen molar-refractivity contribution in [3.63, 3.8) is 0 Å². The second kappa shape index (κ2) is 10.6. The van der Waals surface area contributed by atoms with Gasteiger partial charge in [-0.3, -0.25) is 14.2 Å². The molecule has 1 aromatic heterocycles. The largest absolute Gasteiger partial charge is 0.335 e. The Bertz CT molecular complexity index is 1060. The Hall–Kier alpha value is -2.35. The number of benzene rings is 1. The van der Waals surface area contributed by atoms with Crippen LogP contribution in [0.3, 0.4) is 0 Å². The van der Waals surface area contributed by atoms with Gasteiger partial charge in [0.15, 0.2) is 0 Å². The third kappa shape index (κ3) is 6.32. The lowest BCUT2D eigenvalue weighted by atomic mass is 10.2. The first-order chi connectivity index (χ1) is 14.1. The first-order valence-electron chi connectivity index (χ1n) is 9.42. The summed E-state index contributed by atoms with van der Waals surface area (Å²) in [5.74, 6) is -0.240. The first kappa shape index (κ1) is 23.9. The molecule has 0 saturated heterocycles. The number of hydrogen-bond acceptors (Lipinski definition) is 4. The minimum Gasteiger partial charge on any atom is -0.335 e. The highest BCUT2D eigenvalue weighted by Crippen LogP contribution is 2.23. The molecule has 2 rings (SSSR count). The number of amides is 1. The lowest BCUT2D eigenvalue weighted by molar-refractivity contribution is -0.126. The number of nitrogens with zero attached hydrogens (tertiary/aromatic N) is 4. The zero-order valence-corrected chi connectivity index (χ0v) is 19.1. The normalized spacial score (nSPS) is 11.4. The average molecular weight is 453 g/mol. The lowest BCUT2D eigenvalue weighted by Crippen LogP contribution is -2.37. The van der Waals surface area contributed by atoms with Gasteiger partial charge in [-0.05, 0) is 50.8 Å². The minimum absolute atomic E-state index is 0.240. The van der Waals surface area contributed by atoms with Gasteiger partial charge >= 0.3 is 5.69 Å². The van der Waals surface area contributed by atoms with Crippen molar-refractivity contribution in [2.24, 2.45) is 14.1 Å². The van der Waals surface area contributed by atoms with E-state index in [0.717, 1.165) is 23.1 Å². The predicted molar refractivity (Wildman–Crippen MR) is 121 cm³/mol. The zero-order chi connectivity index (χ0) is 22.4. The summed E-state index contributed by atoms with van der Waals surface area (Å²) in [5.41, 5.74) is 0.240. The Morgan fingerprint density at radius 2 is 1.80 bits per heavy atom. The summed E-state index contributed by atoms with van der Waals surface area (Å²) < 4.78 is 2.31. The van der Waals surface area contributed by atoms with Crippen molar-refractivity contribution < 1.29 is 4.79 Å². The molecule has 0 aliphatic heterocycles.